The molecule has 1 aliphatic carbocycles. The van der Waals surface area contributed by atoms with Crippen molar-refractivity contribution < 1.29 is 14.4 Å². The minimum absolute atomic E-state index is 0.177. The number of carbonyl (C=O) groups is 3. The van der Waals surface area contributed by atoms with Gasteiger partial charge in [-0.25, -0.2) is 0 Å². The molecule has 166 valence electrons. The van der Waals surface area contributed by atoms with E-state index in [9.17, 15) is 19.2 Å². The minimum atomic E-state index is -0.361. The number of fused-ring (bicyclic) bond motifs is 5. The topological polar surface area (TPSA) is 96.1 Å². The first kappa shape index (κ1) is 22.1. The molecule has 0 fully saturated rings. The molecule has 2 N–H and O–H groups in total. The largest absolute Gasteiger partial charge is 0.354 e. The normalized spacial score (nSPS) is 12.3. The summed E-state index contributed by atoms with van der Waals surface area (Å²) in [7, 11) is 0. The van der Waals surface area contributed by atoms with Gasteiger partial charge in [-0.3, -0.25) is 19.2 Å². The quantitative estimate of drug-likeness (QED) is 0.374. The van der Waals surface area contributed by atoms with Gasteiger partial charge in [0.05, 0.1) is 22.3 Å². The maximum atomic E-state index is 13.5. The van der Waals surface area contributed by atoms with Crippen LogP contribution in [0.3, 0.4) is 0 Å². The fourth-order valence-corrected chi connectivity index (χ4v) is 4.05. The Morgan fingerprint density at radius 1 is 0.788 bits per heavy atom. The van der Waals surface area contributed by atoms with Crippen molar-refractivity contribution in [1.29, 1.82) is 0 Å². The molecule has 6 heteroatoms. The molecule has 1 heterocycles. The van der Waals surface area contributed by atoms with Crippen LogP contribution in [0.25, 0.3) is 21.8 Å². The van der Waals surface area contributed by atoms with Crippen LogP contribution in [0.15, 0.2) is 59.4 Å². The summed E-state index contributed by atoms with van der Waals surface area (Å²) in [6.45, 7) is 7.50. The van der Waals surface area contributed by atoms with Crippen molar-refractivity contribution in [3.05, 3.63) is 87.1 Å². The van der Waals surface area contributed by atoms with Gasteiger partial charge in [0.25, 0.3) is 0 Å². The van der Waals surface area contributed by atoms with Crippen LogP contribution in [-0.4, -0.2) is 22.5 Å². The van der Waals surface area contributed by atoms with E-state index in [1.165, 1.54) is 6.07 Å². The first-order chi connectivity index (χ1) is 15.9. The number of aromatic nitrogens is 1. The van der Waals surface area contributed by atoms with Crippen LogP contribution in [0.1, 0.15) is 59.5 Å². The summed E-state index contributed by atoms with van der Waals surface area (Å²) in [6.07, 6.45) is 0. The van der Waals surface area contributed by atoms with Crippen LogP contribution in [0, 0.1) is 5.92 Å². The van der Waals surface area contributed by atoms with Crippen LogP contribution in [0.2, 0.25) is 0 Å². The third-order valence-corrected chi connectivity index (χ3v) is 5.67. The van der Waals surface area contributed by atoms with E-state index in [-0.39, 0.29) is 51.1 Å². The highest BCUT2D eigenvalue weighted by Gasteiger charge is 2.34. The number of hydrogen-bond donors (Lipinski definition) is 2. The Labute approximate surface area is 190 Å². The number of hydrogen-bond acceptors (Lipinski definition) is 4. The van der Waals surface area contributed by atoms with Crippen molar-refractivity contribution >= 4 is 45.0 Å². The number of nitrogens with one attached hydrogen (secondary N) is 2. The monoisotopic (exact) mass is 440 g/mol. The lowest BCUT2D eigenvalue weighted by Gasteiger charge is -2.22. The summed E-state index contributed by atoms with van der Waals surface area (Å²) in [5.74, 6) is -1.24. The van der Waals surface area contributed by atoms with Gasteiger partial charge in [0, 0.05) is 33.3 Å². The Morgan fingerprint density at radius 2 is 1.45 bits per heavy atom. The maximum absolute atomic E-state index is 13.5. The summed E-state index contributed by atoms with van der Waals surface area (Å²) in [4.78, 5) is 55.3. The van der Waals surface area contributed by atoms with Gasteiger partial charge in [-0.05, 0) is 30.3 Å². The molecule has 0 bridgehead atoms. The van der Waals surface area contributed by atoms with Gasteiger partial charge >= 0.3 is 0 Å². The number of para-hydroxylation sites is 1. The predicted molar refractivity (Wildman–Crippen MR) is 130 cm³/mol. The number of pyridine rings is 1. The molecule has 6 nitrogen and oxygen atoms in total. The van der Waals surface area contributed by atoms with E-state index in [4.69, 9.17) is 0 Å². The fourth-order valence-electron chi connectivity index (χ4n) is 4.05. The van der Waals surface area contributed by atoms with Crippen molar-refractivity contribution in [2.75, 3.05) is 5.32 Å². The molecule has 1 aliphatic rings. The zero-order valence-electron chi connectivity index (χ0n) is 18.9. The molecular formula is C27H24N2O4. The zero-order chi connectivity index (χ0) is 23.9. The van der Waals surface area contributed by atoms with Crippen LogP contribution >= 0.6 is 0 Å². The molecule has 0 unspecified atom stereocenters. The van der Waals surface area contributed by atoms with Crippen molar-refractivity contribution in [2.24, 2.45) is 5.92 Å². The second-order valence-corrected chi connectivity index (χ2v) is 7.94. The lowest BCUT2D eigenvalue weighted by Crippen LogP contribution is -2.26. The highest BCUT2D eigenvalue weighted by molar-refractivity contribution is 6.33. The second-order valence-electron chi connectivity index (χ2n) is 7.94. The standard InChI is InChI=1S/C25H18N2O4.C2H6/c1-12(2)25(31)27-18-9-5-7-14-19(18)23(29)15-10-11-16-21(20(15)24(14)30)26-17-8-4-3-6-13(17)22(16)28;1-2/h3-12H,1-2H3,(H,26,28)(H,27,31);1-2H3. The van der Waals surface area contributed by atoms with E-state index < -0.39 is 0 Å². The highest BCUT2D eigenvalue weighted by Crippen LogP contribution is 2.35. The summed E-state index contributed by atoms with van der Waals surface area (Å²) >= 11 is 0. The van der Waals surface area contributed by atoms with Gasteiger partial charge in [-0.2, -0.15) is 0 Å². The van der Waals surface area contributed by atoms with Gasteiger partial charge in [-0.1, -0.05) is 52.0 Å². The number of H-pyrrole nitrogens is 1. The molecular weight excluding hydrogens is 416 g/mol. The Bertz CT molecular complexity index is 1510. The molecule has 0 atom stereocenters. The SMILES string of the molecule is CC.CC(C)C(=O)Nc1cccc2c1C(=O)c1ccc3c(=O)c4ccccc4[nH]c3c1C2=O. The number of carbonyl (C=O) groups excluding carboxylic acids is 3. The van der Waals surface area contributed by atoms with Crippen molar-refractivity contribution in [1.82, 2.24) is 4.98 Å². The van der Waals surface area contributed by atoms with Crippen LogP contribution in [-0.2, 0) is 4.79 Å². The number of amides is 1. The molecule has 33 heavy (non-hydrogen) atoms. The first-order valence-corrected chi connectivity index (χ1v) is 11.0. The Balaban J connectivity index is 0.00000126. The van der Waals surface area contributed by atoms with Crippen molar-refractivity contribution in [3.8, 4) is 0 Å². The first-order valence-electron chi connectivity index (χ1n) is 11.0. The van der Waals surface area contributed by atoms with E-state index >= 15 is 0 Å². The average molecular weight is 440 g/mol. The Kier molecular flexibility index (Phi) is 5.68. The van der Waals surface area contributed by atoms with Crippen LogP contribution in [0.5, 0.6) is 0 Å². The molecule has 0 aliphatic heterocycles. The second kappa shape index (κ2) is 8.47. The molecule has 0 saturated heterocycles. The van der Waals surface area contributed by atoms with Gasteiger partial charge in [0.1, 0.15) is 0 Å². The van der Waals surface area contributed by atoms with Crippen LogP contribution in [0.4, 0.5) is 5.69 Å². The smallest absolute Gasteiger partial charge is 0.226 e. The molecule has 1 aromatic heterocycles. The molecule has 0 radical (unpaired) electrons. The lowest BCUT2D eigenvalue weighted by atomic mass is 9.82. The number of ketones is 2. The third kappa shape index (κ3) is 3.44. The fraction of sp³-hybridized carbons (Fsp3) is 0.185. The summed E-state index contributed by atoms with van der Waals surface area (Å²) in [6, 6.07) is 15.0. The average Bonchev–Trinajstić information content (AvgIpc) is 2.83. The molecule has 1 amide bonds. The van der Waals surface area contributed by atoms with E-state index in [0.717, 1.165) is 0 Å². The van der Waals surface area contributed by atoms with Crippen molar-refractivity contribution in [2.45, 2.75) is 27.7 Å². The van der Waals surface area contributed by atoms with Crippen molar-refractivity contribution in [3.63, 3.8) is 0 Å². The highest BCUT2D eigenvalue weighted by atomic mass is 16.2. The Hall–Kier alpha value is -4.06. The Morgan fingerprint density at radius 3 is 2.18 bits per heavy atom. The maximum Gasteiger partial charge on any atom is 0.226 e. The summed E-state index contributed by atoms with van der Waals surface area (Å²) < 4.78 is 0. The van der Waals surface area contributed by atoms with Gasteiger partial charge in [-0.15, -0.1) is 0 Å². The third-order valence-electron chi connectivity index (χ3n) is 5.67. The number of benzene rings is 3. The molecule has 4 aromatic rings. The number of rotatable bonds is 2. The molecule has 3 aromatic carbocycles. The number of anilines is 1. The lowest BCUT2D eigenvalue weighted by molar-refractivity contribution is -0.118. The zero-order valence-corrected chi connectivity index (χ0v) is 18.9. The van der Waals surface area contributed by atoms with Crippen LogP contribution < -0.4 is 10.7 Å². The van der Waals surface area contributed by atoms with Gasteiger partial charge in [0.2, 0.25) is 5.91 Å². The minimum Gasteiger partial charge on any atom is -0.354 e. The molecule has 0 saturated carbocycles. The van der Waals surface area contributed by atoms with Gasteiger partial charge < -0.3 is 10.3 Å². The molecule has 0 spiro atoms. The van der Waals surface area contributed by atoms with E-state index in [1.807, 2.05) is 13.8 Å². The van der Waals surface area contributed by atoms with Gasteiger partial charge in [0.15, 0.2) is 17.0 Å². The molecule has 5 rings (SSSR count). The van der Waals surface area contributed by atoms with E-state index in [0.29, 0.717) is 27.5 Å². The predicted octanol–water partition coefficient (Wildman–Crippen LogP) is 5.08. The van der Waals surface area contributed by atoms with E-state index in [1.54, 1.807) is 62.4 Å². The summed E-state index contributed by atoms with van der Waals surface area (Å²) in [5.41, 5.74) is 1.84. The summed E-state index contributed by atoms with van der Waals surface area (Å²) in [5, 5.41) is 3.62. The van der Waals surface area contributed by atoms with E-state index in [2.05, 4.69) is 10.3 Å². The number of aromatic amines is 1.